The van der Waals surface area contributed by atoms with E-state index in [4.69, 9.17) is 0 Å². The second kappa shape index (κ2) is 5.66. The summed E-state index contributed by atoms with van der Waals surface area (Å²) in [5.41, 5.74) is 0.270. The van der Waals surface area contributed by atoms with Crippen molar-refractivity contribution in [1.29, 1.82) is 0 Å². The van der Waals surface area contributed by atoms with Gasteiger partial charge in [0.2, 0.25) is 5.91 Å². The van der Waals surface area contributed by atoms with Crippen molar-refractivity contribution >= 4 is 17.6 Å². The molecule has 3 N–H and O–H groups in total. The molecule has 5 heteroatoms. The van der Waals surface area contributed by atoms with Gasteiger partial charge in [-0.15, -0.1) is 0 Å². The predicted octanol–water partition coefficient (Wildman–Crippen LogP) is -0.293. The average Bonchev–Trinajstić information content (AvgIpc) is 2.17. The molecule has 0 saturated carbocycles. The molecule has 0 aromatic heterocycles. The summed E-state index contributed by atoms with van der Waals surface area (Å²) in [6, 6.07) is 8.06. The summed E-state index contributed by atoms with van der Waals surface area (Å²) in [6.45, 7) is 1.18. The largest absolute Gasteiger partial charge is 0.412 e. The van der Waals surface area contributed by atoms with Gasteiger partial charge < -0.3 is 5.48 Å². The predicted molar refractivity (Wildman–Crippen MR) is 53.2 cm³/mol. The number of rotatable bonds is 2. The van der Waals surface area contributed by atoms with Crippen molar-refractivity contribution in [2.24, 2.45) is 0 Å². The maximum atomic E-state index is 11.3. The fourth-order valence-corrected chi connectivity index (χ4v) is 0.937. The van der Waals surface area contributed by atoms with Crippen LogP contribution in [-0.2, 0) is 9.59 Å². The van der Waals surface area contributed by atoms with Crippen LogP contribution in [0.5, 0.6) is 0 Å². The molecule has 0 unspecified atom stereocenters. The van der Waals surface area contributed by atoms with E-state index in [-0.39, 0.29) is 11.0 Å². The summed E-state index contributed by atoms with van der Waals surface area (Å²) in [5.74, 6) is -2.15. The molecule has 0 bridgehead atoms. The maximum Gasteiger partial charge on any atom is 0.298 e. The molecule has 0 spiro atoms. The van der Waals surface area contributed by atoms with Crippen LogP contribution in [0.1, 0.15) is 17.3 Å². The molecule has 5 nitrogen and oxygen atoms in total. The van der Waals surface area contributed by atoms with Crippen LogP contribution in [0, 0.1) is 0 Å². The van der Waals surface area contributed by atoms with Gasteiger partial charge in [-0.05, 0) is 0 Å². The molecular weight excluding hydrogens is 198 g/mol. The van der Waals surface area contributed by atoms with Crippen molar-refractivity contribution < 1.29 is 19.9 Å². The molecule has 1 rings (SSSR count). The fourth-order valence-electron chi connectivity index (χ4n) is 0.937. The number of ketones is 1. The van der Waals surface area contributed by atoms with Gasteiger partial charge in [0.1, 0.15) is 0 Å². The van der Waals surface area contributed by atoms with Crippen LogP contribution in [0.2, 0.25) is 0 Å². The van der Waals surface area contributed by atoms with Crippen LogP contribution in [-0.4, -0.2) is 23.1 Å². The first-order valence-electron chi connectivity index (χ1n) is 4.02. The normalized spacial score (nSPS) is 8.60. The fraction of sp³-hybridized carbons (Fsp3) is 0.100. The van der Waals surface area contributed by atoms with Gasteiger partial charge in [-0.1, -0.05) is 30.3 Å². The number of carbonyl (C=O) groups is 3. The van der Waals surface area contributed by atoms with Crippen LogP contribution in [0.3, 0.4) is 0 Å². The van der Waals surface area contributed by atoms with E-state index in [1.807, 2.05) is 5.32 Å². The van der Waals surface area contributed by atoms with Crippen LogP contribution < -0.4 is 5.32 Å². The lowest BCUT2D eigenvalue weighted by molar-refractivity contribution is -0.126. The third kappa shape index (κ3) is 3.70. The third-order valence-electron chi connectivity index (χ3n) is 1.53. The minimum Gasteiger partial charge on any atom is -0.412 e. The first-order valence-corrected chi connectivity index (χ1v) is 4.02. The SMILES string of the molecule is CC(=O)NC(=O)C(=O)c1ccccc1.O. The Labute approximate surface area is 86.4 Å². The molecule has 0 saturated heterocycles. The Kier molecular flexibility index (Phi) is 4.90. The zero-order chi connectivity index (χ0) is 10.6. The first kappa shape index (κ1) is 13.0. The van der Waals surface area contributed by atoms with Crippen molar-refractivity contribution in [2.45, 2.75) is 6.92 Å². The molecule has 1 aromatic rings. The van der Waals surface area contributed by atoms with E-state index >= 15 is 0 Å². The van der Waals surface area contributed by atoms with E-state index in [1.165, 1.54) is 19.1 Å². The Morgan fingerprint density at radius 2 is 1.60 bits per heavy atom. The molecule has 0 aliphatic rings. The van der Waals surface area contributed by atoms with E-state index in [0.717, 1.165) is 0 Å². The minimum atomic E-state index is -0.899. The molecule has 0 radical (unpaired) electrons. The van der Waals surface area contributed by atoms with E-state index < -0.39 is 17.6 Å². The van der Waals surface area contributed by atoms with Crippen LogP contribution in [0.25, 0.3) is 0 Å². The van der Waals surface area contributed by atoms with Crippen molar-refractivity contribution in [3.8, 4) is 0 Å². The zero-order valence-corrected chi connectivity index (χ0v) is 8.11. The first-order chi connectivity index (χ1) is 6.61. The number of hydrogen-bond donors (Lipinski definition) is 1. The number of carbonyl (C=O) groups excluding carboxylic acids is 3. The highest BCUT2D eigenvalue weighted by molar-refractivity contribution is 6.44. The minimum absolute atomic E-state index is 0. The lowest BCUT2D eigenvalue weighted by atomic mass is 10.1. The van der Waals surface area contributed by atoms with Gasteiger partial charge in [-0.25, -0.2) is 0 Å². The summed E-state index contributed by atoms with van der Waals surface area (Å²) in [5, 5.41) is 1.91. The number of imide groups is 1. The number of benzene rings is 1. The number of Topliss-reactive ketones (excluding diaryl/α,β-unsaturated/α-hetero) is 1. The Morgan fingerprint density at radius 3 is 2.07 bits per heavy atom. The monoisotopic (exact) mass is 209 g/mol. The zero-order valence-electron chi connectivity index (χ0n) is 8.11. The summed E-state index contributed by atoms with van der Waals surface area (Å²) in [4.78, 5) is 32.9. The number of hydrogen-bond acceptors (Lipinski definition) is 3. The summed E-state index contributed by atoms with van der Waals surface area (Å²) < 4.78 is 0. The van der Waals surface area contributed by atoms with Gasteiger partial charge >= 0.3 is 0 Å². The molecule has 0 aliphatic carbocycles. The van der Waals surface area contributed by atoms with E-state index in [0.29, 0.717) is 0 Å². The van der Waals surface area contributed by atoms with E-state index in [1.54, 1.807) is 18.2 Å². The molecule has 15 heavy (non-hydrogen) atoms. The lowest BCUT2D eigenvalue weighted by Gasteiger charge is -1.99. The van der Waals surface area contributed by atoms with Crippen LogP contribution in [0.4, 0.5) is 0 Å². The van der Waals surface area contributed by atoms with Gasteiger partial charge in [0.15, 0.2) is 0 Å². The van der Waals surface area contributed by atoms with E-state index in [2.05, 4.69) is 0 Å². The summed E-state index contributed by atoms with van der Waals surface area (Å²) in [7, 11) is 0. The molecule has 1 aromatic carbocycles. The highest BCUT2D eigenvalue weighted by atomic mass is 16.2. The Bertz CT molecular complexity index is 372. The molecule has 0 heterocycles. The average molecular weight is 209 g/mol. The van der Waals surface area contributed by atoms with Gasteiger partial charge in [0.25, 0.3) is 11.7 Å². The van der Waals surface area contributed by atoms with Gasteiger partial charge in [-0.2, -0.15) is 0 Å². The number of amides is 2. The van der Waals surface area contributed by atoms with Crippen molar-refractivity contribution in [1.82, 2.24) is 5.32 Å². The van der Waals surface area contributed by atoms with E-state index in [9.17, 15) is 14.4 Å². The standard InChI is InChI=1S/C10H9NO3.H2O/c1-7(12)11-10(14)9(13)8-5-3-2-4-6-8;/h2-6H,1H3,(H,11,12,14);1H2. The van der Waals surface area contributed by atoms with Gasteiger partial charge in [-0.3, -0.25) is 19.7 Å². The maximum absolute atomic E-state index is 11.3. The van der Waals surface area contributed by atoms with Crippen molar-refractivity contribution in [2.75, 3.05) is 0 Å². The smallest absolute Gasteiger partial charge is 0.298 e. The summed E-state index contributed by atoms with van der Waals surface area (Å²) in [6.07, 6.45) is 0. The second-order valence-electron chi connectivity index (χ2n) is 2.71. The molecule has 0 aliphatic heterocycles. The summed E-state index contributed by atoms with van der Waals surface area (Å²) >= 11 is 0. The van der Waals surface area contributed by atoms with Crippen LogP contribution in [0.15, 0.2) is 30.3 Å². The van der Waals surface area contributed by atoms with Gasteiger partial charge in [0, 0.05) is 12.5 Å². The van der Waals surface area contributed by atoms with Gasteiger partial charge in [0.05, 0.1) is 0 Å². The van der Waals surface area contributed by atoms with Crippen molar-refractivity contribution in [3.63, 3.8) is 0 Å². The second-order valence-corrected chi connectivity index (χ2v) is 2.71. The quantitative estimate of drug-likeness (QED) is 0.535. The molecular formula is C10H11NO4. The van der Waals surface area contributed by atoms with Crippen LogP contribution >= 0.6 is 0 Å². The molecule has 0 fully saturated rings. The third-order valence-corrected chi connectivity index (χ3v) is 1.53. The Hall–Kier alpha value is -2.01. The topological polar surface area (TPSA) is 94.7 Å². The molecule has 2 amide bonds. The van der Waals surface area contributed by atoms with Crippen molar-refractivity contribution in [3.05, 3.63) is 35.9 Å². The highest BCUT2D eigenvalue weighted by Gasteiger charge is 2.16. The molecule has 80 valence electrons. The Morgan fingerprint density at radius 1 is 1.07 bits per heavy atom. The Balaban J connectivity index is 0.00000196. The molecule has 0 atom stereocenters. The number of nitrogens with one attached hydrogen (secondary N) is 1. The highest BCUT2D eigenvalue weighted by Crippen LogP contribution is 1.99. The lowest BCUT2D eigenvalue weighted by Crippen LogP contribution is -2.34.